The van der Waals surface area contributed by atoms with E-state index < -0.39 is 12.0 Å². The molecule has 3 N–H and O–H groups in total. The van der Waals surface area contributed by atoms with Crippen LogP contribution in [0.4, 0.5) is 0 Å². The number of ether oxygens (including phenoxy) is 2. The third-order valence-electron chi connectivity index (χ3n) is 6.47. The van der Waals surface area contributed by atoms with Crippen molar-refractivity contribution in [1.82, 2.24) is 4.90 Å². The molecule has 0 radical (unpaired) electrons. The number of terminal acetylenes is 1. The molecule has 0 aromatic heterocycles. The van der Waals surface area contributed by atoms with Crippen molar-refractivity contribution in [3.8, 4) is 18.1 Å². The highest BCUT2D eigenvalue weighted by Gasteiger charge is 2.18. The third kappa shape index (κ3) is 10.9. The summed E-state index contributed by atoms with van der Waals surface area (Å²) in [4.78, 5) is 14.5. The molecule has 3 aromatic rings. The van der Waals surface area contributed by atoms with Gasteiger partial charge in [0.2, 0.25) is 0 Å². The van der Waals surface area contributed by atoms with E-state index in [9.17, 15) is 9.90 Å². The lowest BCUT2D eigenvalue weighted by Crippen LogP contribution is -2.29. The van der Waals surface area contributed by atoms with Gasteiger partial charge in [0.1, 0.15) is 12.4 Å². The lowest BCUT2D eigenvalue weighted by molar-refractivity contribution is 0.0992. The molecule has 0 unspecified atom stereocenters. The number of rotatable bonds is 18. The molecule has 6 nitrogen and oxygen atoms in total. The van der Waals surface area contributed by atoms with E-state index in [1.807, 2.05) is 48.5 Å². The molecule has 0 aliphatic heterocycles. The van der Waals surface area contributed by atoms with E-state index in [1.54, 1.807) is 18.2 Å². The van der Waals surface area contributed by atoms with Crippen molar-refractivity contribution in [2.45, 2.75) is 51.4 Å². The second-order valence-electron chi connectivity index (χ2n) is 9.61. The van der Waals surface area contributed by atoms with Crippen LogP contribution in [-0.2, 0) is 17.9 Å². The number of nitrogens with zero attached hydrogens (tertiary/aromatic N) is 1. The van der Waals surface area contributed by atoms with E-state index in [1.165, 1.54) is 5.56 Å². The van der Waals surface area contributed by atoms with Crippen molar-refractivity contribution in [3.63, 3.8) is 0 Å². The number of benzene rings is 3. The Bertz CT molecular complexity index is 1160. The summed E-state index contributed by atoms with van der Waals surface area (Å²) in [5.74, 6) is 2.40. The fourth-order valence-electron chi connectivity index (χ4n) is 4.36. The molecule has 206 valence electrons. The summed E-state index contributed by atoms with van der Waals surface area (Å²) in [6, 6.07) is 25.1. The minimum atomic E-state index is -0.778. The summed E-state index contributed by atoms with van der Waals surface area (Å²) in [6.07, 6.45) is 9.32. The first-order chi connectivity index (χ1) is 19.1. The molecule has 0 spiro atoms. The fraction of sp³-hybridized carbons (Fsp3) is 0.364. The van der Waals surface area contributed by atoms with Crippen LogP contribution in [0.5, 0.6) is 5.75 Å². The van der Waals surface area contributed by atoms with E-state index in [4.69, 9.17) is 21.6 Å². The maximum Gasteiger partial charge on any atom is 0.252 e. The number of nitrogens with two attached hydrogens (primary N) is 1. The predicted molar refractivity (Wildman–Crippen MR) is 155 cm³/mol. The Balaban J connectivity index is 1.59. The van der Waals surface area contributed by atoms with Crippen LogP contribution in [0, 0.1) is 12.3 Å². The number of carbonyl (C=O) groups is 1. The van der Waals surface area contributed by atoms with Crippen LogP contribution in [-0.4, -0.2) is 42.2 Å². The van der Waals surface area contributed by atoms with E-state index >= 15 is 0 Å². The zero-order chi connectivity index (χ0) is 27.7. The molecular formula is C33H40N2O4. The highest BCUT2D eigenvalue weighted by molar-refractivity contribution is 5.95. The first-order valence-electron chi connectivity index (χ1n) is 13.6. The maximum absolute atomic E-state index is 12.2. The molecule has 39 heavy (non-hydrogen) atoms. The third-order valence-corrected chi connectivity index (χ3v) is 6.47. The Hall–Kier alpha value is -3.63. The van der Waals surface area contributed by atoms with E-state index in [0.717, 1.165) is 50.9 Å². The molecule has 0 fully saturated rings. The topological polar surface area (TPSA) is 85.0 Å². The van der Waals surface area contributed by atoms with E-state index in [-0.39, 0.29) is 5.56 Å². The van der Waals surface area contributed by atoms with Crippen molar-refractivity contribution in [1.29, 1.82) is 0 Å². The summed E-state index contributed by atoms with van der Waals surface area (Å²) in [5.41, 5.74) is 8.75. The van der Waals surface area contributed by atoms with Gasteiger partial charge in [0.05, 0.1) is 18.3 Å². The van der Waals surface area contributed by atoms with Crippen molar-refractivity contribution in [3.05, 3.63) is 101 Å². The van der Waals surface area contributed by atoms with Gasteiger partial charge >= 0.3 is 0 Å². The van der Waals surface area contributed by atoms with Crippen LogP contribution < -0.4 is 10.5 Å². The molecule has 3 rings (SSSR count). The van der Waals surface area contributed by atoms with E-state index in [2.05, 4.69) is 23.0 Å². The summed E-state index contributed by atoms with van der Waals surface area (Å²) in [5, 5.41) is 11.2. The Kier molecular flexibility index (Phi) is 13.1. The second kappa shape index (κ2) is 17.1. The van der Waals surface area contributed by atoms with Crippen LogP contribution in [0.1, 0.15) is 65.3 Å². The van der Waals surface area contributed by atoms with Crippen molar-refractivity contribution in [2.24, 2.45) is 5.73 Å². The van der Waals surface area contributed by atoms with Crippen molar-refractivity contribution in [2.75, 3.05) is 26.3 Å². The lowest BCUT2D eigenvalue weighted by Gasteiger charge is -2.26. The zero-order valence-corrected chi connectivity index (χ0v) is 22.6. The number of hydrogen-bond donors (Lipinski definition) is 2. The molecule has 0 saturated heterocycles. The summed E-state index contributed by atoms with van der Waals surface area (Å²) < 4.78 is 11.4. The van der Waals surface area contributed by atoms with Gasteiger partial charge in [-0.2, -0.15) is 0 Å². The van der Waals surface area contributed by atoms with Crippen LogP contribution in [0.2, 0.25) is 0 Å². The van der Waals surface area contributed by atoms with Gasteiger partial charge < -0.3 is 20.3 Å². The number of primary amides is 1. The Morgan fingerprint density at radius 2 is 1.62 bits per heavy atom. The predicted octanol–water partition coefficient (Wildman–Crippen LogP) is 5.50. The molecule has 6 heteroatoms. The molecule has 1 atom stereocenters. The van der Waals surface area contributed by atoms with Crippen LogP contribution >= 0.6 is 0 Å². The van der Waals surface area contributed by atoms with Gasteiger partial charge in [0.25, 0.3) is 5.91 Å². The highest BCUT2D eigenvalue weighted by atomic mass is 16.5. The molecule has 3 aromatic carbocycles. The minimum absolute atomic E-state index is 0.265. The zero-order valence-electron chi connectivity index (χ0n) is 22.6. The largest absolute Gasteiger partial charge is 0.488 e. The Morgan fingerprint density at radius 1 is 0.923 bits per heavy atom. The summed E-state index contributed by atoms with van der Waals surface area (Å²) in [6.45, 7) is 3.70. The first-order valence-corrected chi connectivity index (χ1v) is 13.6. The maximum atomic E-state index is 12.2. The molecular weight excluding hydrogens is 488 g/mol. The van der Waals surface area contributed by atoms with Gasteiger partial charge in [0, 0.05) is 26.1 Å². The van der Waals surface area contributed by atoms with Crippen LogP contribution in [0.25, 0.3) is 0 Å². The standard InChI is InChI=1S/C33H40N2O4/c1-2-3-21-38-22-13-5-4-12-20-35(24-27-14-8-6-9-15-27)25-31(36)29-18-19-32(30(23-29)33(34)37)39-26-28-16-10-7-11-17-28/h1,6-11,14-19,23,31,36H,3-5,12-13,20-22,24-26H2,(H2,34,37)/t31-/m0/s1. The second-order valence-corrected chi connectivity index (χ2v) is 9.61. The monoisotopic (exact) mass is 528 g/mol. The van der Waals surface area contributed by atoms with Crippen molar-refractivity contribution < 1.29 is 19.4 Å². The number of hydrogen-bond acceptors (Lipinski definition) is 5. The van der Waals surface area contributed by atoms with Gasteiger partial charge in [0.15, 0.2) is 0 Å². The number of aliphatic hydroxyl groups is 1. The van der Waals surface area contributed by atoms with Gasteiger partial charge in [-0.25, -0.2) is 0 Å². The highest BCUT2D eigenvalue weighted by Crippen LogP contribution is 2.25. The summed E-state index contributed by atoms with van der Waals surface area (Å²) >= 11 is 0. The summed E-state index contributed by atoms with van der Waals surface area (Å²) in [7, 11) is 0. The van der Waals surface area contributed by atoms with Gasteiger partial charge in [-0.1, -0.05) is 79.6 Å². The first kappa shape index (κ1) is 29.9. The Morgan fingerprint density at radius 3 is 2.31 bits per heavy atom. The normalized spacial score (nSPS) is 11.7. The fourth-order valence-corrected chi connectivity index (χ4v) is 4.36. The molecule has 0 bridgehead atoms. The molecule has 0 aliphatic carbocycles. The smallest absolute Gasteiger partial charge is 0.252 e. The minimum Gasteiger partial charge on any atom is -0.488 e. The molecule has 0 heterocycles. The number of amides is 1. The Labute approximate surface area is 232 Å². The number of aliphatic hydroxyl groups excluding tert-OH is 1. The average molecular weight is 529 g/mol. The van der Waals surface area contributed by atoms with Gasteiger partial charge in [-0.3, -0.25) is 9.69 Å². The van der Waals surface area contributed by atoms with Crippen LogP contribution in [0.15, 0.2) is 78.9 Å². The van der Waals surface area contributed by atoms with E-state index in [0.29, 0.717) is 37.5 Å². The molecule has 0 aliphatic rings. The average Bonchev–Trinajstić information content (AvgIpc) is 2.96. The van der Waals surface area contributed by atoms with Crippen molar-refractivity contribution >= 4 is 5.91 Å². The SMILES string of the molecule is C#CCCOCCCCCCN(Cc1ccccc1)C[C@H](O)c1ccc(OCc2ccccc2)c(C(N)=O)c1. The van der Waals surface area contributed by atoms with Gasteiger partial charge in [-0.15, -0.1) is 12.3 Å². The lowest BCUT2D eigenvalue weighted by atomic mass is 10.0. The number of unbranched alkanes of at least 4 members (excludes halogenated alkanes) is 3. The molecule has 0 saturated carbocycles. The van der Waals surface area contributed by atoms with Gasteiger partial charge in [-0.05, 0) is 48.2 Å². The number of carbonyl (C=O) groups excluding carboxylic acids is 1. The quantitative estimate of drug-likeness (QED) is 0.168. The molecule has 1 amide bonds. The van der Waals surface area contributed by atoms with Crippen LogP contribution in [0.3, 0.4) is 0 Å².